The second-order valence-corrected chi connectivity index (χ2v) is 4.39. The van der Waals surface area contributed by atoms with E-state index in [4.69, 9.17) is 14.6 Å². The lowest BCUT2D eigenvalue weighted by Crippen LogP contribution is -2.03. The molecule has 0 amide bonds. The molecule has 3 rings (SSSR count). The number of imidazole rings is 1. The molecule has 21 heavy (non-hydrogen) atoms. The van der Waals surface area contributed by atoms with Crippen molar-refractivity contribution in [3.8, 4) is 22.9 Å². The smallest absolute Gasteiger partial charge is 0.178 e. The molecule has 0 aliphatic heterocycles. The van der Waals surface area contributed by atoms with E-state index in [-0.39, 0.29) is 13.2 Å². The van der Waals surface area contributed by atoms with E-state index in [1.54, 1.807) is 19.4 Å². The van der Waals surface area contributed by atoms with Crippen LogP contribution < -0.4 is 9.47 Å². The lowest BCUT2D eigenvalue weighted by atomic mass is 10.2. The number of fused-ring (bicyclic) bond motifs is 1. The van der Waals surface area contributed by atoms with E-state index in [1.165, 1.54) is 0 Å². The average Bonchev–Trinajstić information content (AvgIpc) is 2.96. The third kappa shape index (κ3) is 2.66. The lowest BCUT2D eigenvalue weighted by Gasteiger charge is -2.10. The first-order valence-corrected chi connectivity index (χ1v) is 6.54. The van der Waals surface area contributed by atoms with Crippen LogP contribution in [-0.4, -0.2) is 40.4 Å². The van der Waals surface area contributed by atoms with Gasteiger partial charge in [-0.1, -0.05) is 0 Å². The number of nitrogens with one attached hydrogen (secondary N) is 1. The SMILES string of the molecule is COc1ccc(-c2nc3ncccc3[nH]2)c(OCCO)c1. The number of aliphatic hydroxyl groups is 1. The van der Waals surface area contributed by atoms with Crippen LogP contribution >= 0.6 is 0 Å². The van der Waals surface area contributed by atoms with Gasteiger partial charge < -0.3 is 19.6 Å². The molecule has 3 aromatic rings. The van der Waals surface area contributed by atoms with Gasteiger partial charge in [-0.2, -0.15) is 0 Å². The van der Waals surface area contributed by atoms with E-state index in [0.29, 0.717) is 23.0 Å². The maximum atomic E-state index is 8.94. The van der Waals surface area contributed by atoms with Crippen LogP contribution in [0.4, 0.5) is 0 Å². The number of aliphatic hydroxyl groups excluding tert-OH is 1. The Morgan fingerprint density at radius 1 is 1.29 bits per heavy atom. The predicted molar refractivity (Wildman–Crippen MR) is 78.5 cm³/mol. The molecule has 0 bridgehead atoms. The summed E-state index contributed by atoms with van der Waals surface area (Å²) >= 11 is 0. The number of aromatic amines is 1. The second kappa shape index (κ2) is 5.80. The van der Waals surface area contributed by atoms with Crippen molar-refractivity contribution in [3.63, 3.8) is 0 Å². The van der Waals surface area contributed by atoms with Gasteiger partial charge in [0.25, 0.3) is 0 Å². The summed E-state index contributed by atoms with van der Waals surface area (Å²) in [5.74, 6) is 1.95. The number of nitrogens with zero attached hydrogens (tertiary/aromatic N) is 2. The number of methoxy groups -OCH3 is 1. The Morgan fingerprint density at radius 3 is 2.95 bits per heavy atom. The molecular weight excluding hydrogens is 270 g/mol. The van der Waals surface area contributed by atoms with E-state index in [9.17, 15) is 0 Å². The third-order valence-electron chi connectivity index (χ3n) is 3.05. The predicted octanol–water partition coefficient (Wildman–Crippen LogP) is 2.00. The van der Waals surface area contributed by atoms with Crippen LogP contribution in [0.3, 0.4) is 0 Å². The topological polar surface area (TPSA) is 80.3 Å². The minimum atomic E-state index is -0.0572. The Morgan fingerprint density at radius 2 is 2.19 bits per heavy atom. The zero-order chi connectivity index (χ0) is 14.7. The molecule has 2 heterocycles. The molecule has 108 valence electrons. The number of rotatable bonds is 5. The van der Waals surface area contributed by atoms with Gasteiger partial charge in [-0.15, -0.1) is 0 Å². The molecule has 2 N–H and O–H groups in total. The van der Waals surface area contributed by atoms with Gasteiger partial charge in [0.15, 0.2) is 5.65 Å². The first kappa shape index (κ1) is 13.4. The summed E-state index contributed by atoms with van der Waals surface area (Å²) in [5.41, 5.74) is 2.30. The van der Waals surface area contributed by atoms with Crippen molar-refractivity contribution in [2.45, 2.75) is 0 Å². The fourth-order valence-corrected chi connectivity index (χ4v) is 2.07. The molecule has 0 aliphatic carbocycles. The van der Waals surface area contributed by atoms with Crippen molar-refractivity contribution >= 4 is 11.2 Å². The molecule has 0 saturated heterocycles. The van der Waals surface area contributed by atoms with Gasteiger partial charge >= 0.3 is 0 Å². The van der Waals surface area contributed by atoms with Gasteiger partial charge in [0.2, 0.25) is 0 Å². The monoisotopic (exact) mass is 285 g/mol. The van der Waals surface area contributed by atoms with Gasteiger partial charge in [0.05, 0.1) is 24.8 Å². The third-order valence-corrected chi connectivity index (χ3v) is 3.05. The van der Waals surface area contributed by atoms with E-state index in [2.05, 4.69) is 15.0 Å². The van der Waals surface area contributed by atoms with E-state index < -0.39 is 0 Å². The molecule has 0 fully saturated rings. The van der Waals surface area contributed by atoms with Crippen molar-refractivity contribution in [1.29, 1.82) is 0 Å². The Labute approximate surface area is 121 Å². The fraction of sp³-hybridized carbons (Fsp3) is 0.200. The Hall–Kier alpha value is -2.60. The zero-order valence-electron chi connectivity index (χ0n) is 11.5. The quantitative estimate of drug-likeness (QED) is 0.749. The molecule has 2 aromatic heterocycles. The summed E-state index contributed by atoms with van der Waals surface area (Å²) in [5, 5.41) is 8.94. The molecule has 0 atom stereocenters. The van der Waals surface area contributed by atoms with E-state index >= 15 is 0 Å². The second-order valence-electron chi connectivity index (χ2n) is 4.39. The molecular formula is C15H15N3O3. The first-order chi connectivity index (χ1) is 10.3. The number of hydrogen-bond acceptors (Lipinski definition) is 5. The van der Waals surface area contributed by atoms with Crippen molar-refractivity contribution in [1.82, 2.24) is 15.0 Å². The number of aromatic nitrogens is 3. The van der Waals surface area contributed by atoms with Gasteiger partial charge in [-0.3, -0.25) is 0 Å². The summed E-state index contributed by atoms with van der Waals surface area (Å²) in [4.78, 5) is 11.9. The number of H-pyrrole nitrogens is 1. The molecule has 0 radical (unpaired) electrons. The summed E-state index contributed by atoms with van der Waals surface area (Å²) < 4.78 is 10.8. The first-order valence-electron chi connectivity index (χ1n) is 6.54. The van der Waals surface area contributed by atoms with Crippen LogP contribution in [0, 0.1) is 0 Å². The fourth-order valence-electron chi connectivity index (χ4n) is 2.07. The molecule has 1 aromatic carbocycles. The maximum absolute atomic E-state index is 8.94. The van der Waals surface area contributed by atoms with Crippen LogP contribution in [0.1, 0.15) is 0 Å². The van der Waals surface area contributed by atoms with Crippen molar-refractivity contribution < 1.29 is 14.6 Å². The number of pyridine rings is 1. The lowest BCUT2D eigenvalue weighted by molar-refractivity contribution is 0.201. The summed E-state index contributed by atoms with van der Waals surface area (Å²) in [6.07, 6.45) is 1.70. The highest BCUT2D eigenvalue weighted by Crippen LogP contribution is 2.32. The molecule has 6 heteroatoms. The molecule has 0 spiro atoms. The van der Waals surface area contributed by atoms with Crippen LogP contribution in [0.2, 0.25) is 0 Å². The Bertz CT molecular complexity index is 722. The van der Waals surface area contributed by atoms with E-state index in [1.807, 2.05) is 24.3 Å². The number of hydrogen-bond donors (Lipinski definition) is 2. The standard InChI is InChI=1S/C15H15N3O3/c1-20-10-4-5-11(13(9-10)21-8-7-19)14-17-12-3-2-6-16-15(12)18-14/h2-6,9,19H,7-8H2,1H3,(H,16,17,18). The number of benzene rings is 1. The summed E-state index contributed by atoms with van der Waals surface area (Å²) in [6, 6.07) is 9.23. The summed E-state index contributed by atoms with van der Waals surface area (Å²) in [7, 11) is 1.59. The summed E-state index contributed by atoms with van der Waals surface area (Å²) in [6.45, 7) is 0.150. The van der Waals surface area contributed by atoms with Gasteiger partial charge in [0, 0.05) is 12.3 Å². The number of ether oxygens (including phenoxy) is 2. The Balaban J connectivity index is 2.06. The highest BCUT2D eigenvalue weighted by Gasteiger charge is 2.12. The largest absolute Gasteiger partial charge is 0.497 e. The minimum absolute atomic E-state index is 0.0572. The zero-order valence-corrected chi connectivity index (χ0v) is 11.5. The van der Waals surface area contributed by atoms with Crippen molar-refractivity contribution in [2.24, 2.45) is 0 Å². The van der Waals surface area contributed by atoms with Gasteiger partial charge in [0.1, 0.15) is 23.9 Å². The van der Waals surface area contributed by atoms with Crippen LogP contribution in [0.15, 0.2) is 36.5 Å². The average molecular weight is 285 g/mol. The van der Waals surface area contributed by atoms with E-state index in [0.717, 1.165) is 11.1 Å². The maximum Gasteiger partial charge on any atom is 0.178 e. The van der Waals surface area contributed by atoms with Crippen molar-refractivity contribution in [2.75, 3.05) is 20.3 Å². The van der Waals surface area contributed by atoms with Crippen LogP contribution in [-0.2, 0) is 0 Å². The van der Waals surface area contributed by atoms with Crippen molar-refractivity contribution in [3.05, 3.63) is 36.5 Å². The molecule has 0 saturated carbocycles. The molecule has 0 aliphatic rings. The normalized spacial score (nSPS) is 10.8. The molecule has 6 nitrogen and oxygen atoms in total. The van der Waals surface area contributed by atoms with Crippen LogP contribution in [0.5, 0.6) is 11.5 Å². The highest BCUT2D eigenvalue weighted by atomic mass is 16.5. The van der Waals surface area contributed by atoms with Crippen LogP contribution in [0.25, 0.3) is 22.6 Å². The molecule has 0 unspecified atom stereocenters. The van der Waals surface area contributed by atoms with Gasteiger partial charge in [-0.05, 0) is 24.3 Å². The highest BCUT2D eigenvalue weighted by molar-refractivity contribution is 5.77. The Kier molecular flexibility index (Phi) is 3.70. The van der Waals surface area contributed by atoms with Gasteiger partial charge in [-0.25, -0.2) is 9.97 Å². The minimum Gasteiger partial charge on any atom is -0.497 e.